The maximum atomic E-state index is 11.2. The molecule has 1 rings (SSSR count). The summed E-state index contributed by atoms with van der Waals surface area (Å²) in [6.45, 7) is 0. The zero-order chi connectivity index (χ0) is 11.6. The van der Waals surface area contributed by atoms with Gasteiger partial charge in [0.1, 0.15) is 0 Å². The van der Waals surface area contributed by atoms with E-state index in [1.54, 1.807) is 0 Å². The molecule has 0 spiro atoms. The zero-order valence-corrected chi connectivity index (χ0v) is 10.7. The lowest BCUT2D eigenvalue weighted by molar-refractivity contribution is -0.386. The van der Waals surface area contributed by atoms with E-state index in [-0.39, 0.29) is 20.2 Å². The number of nitro benzene ring substituents is 1. The van der Waals surface area contributed by atoms with Crippen molar-refractivity contribution in [2.45, 2.75) is 0 Å². The van der Waals surface area contributed by atoms with Crippen molar-refractivity contribution >= 4 is 43.5 Å². The van der Waals surface area contributed by atoms with Crippen LogP contribution in [-0.2, 0) is 4.74 Å². The highest BCUT2D eigenvalue weighted by Gasteiger charge is 2.20. The van der Waals surface area contributed by atoms with Crippen molar-refractivity contribution in [3.8, 4) is 0 Å². The normalized spacial score (nSPS) is 9.80. The summed E-state index contributed by atoms with van der Waals surface area (Å²) in [4.78, 5) is 21.2. The van der Waals surface area contributed by atoms with Crippen LogP contribution in [0.15, 0.2) is 21.1 Å². The number of rotatable bonds is 2. The first kappa shape index (κ1) is 12.1. The molecule has 0 aliphatic rings. The molecular weight excluding hydrogens is 334 g/mol. The molecule has 1 aromatic rings. The molecule has 0 amide bonds. The minimum Gasteiger partial charge on any atom is -0.465 e. The lowest BCUT2D eigenvalue weighted by Crippen LogP contribution is -2.02. The maximum Gasteiger partial charge on any atom is 0.337 e. The molecule has 5 nitrogen and oxygen atoms in total. The molecule has 0 saturated carbocycles. The Hall–Kier alpha value is -0.950. The van der Waals surface area contributed by atoms with Crippen LogP contribution in [-0.4, -0.2) is 18.0 Å². The summed E-state index contributed by atoms with van der Waals surface area (Å²) in [5.74, 6) is -0.550. The molecule has 0 bridgehead atoms. The van der Waals surface area contributed by atoms with E-state index in [1.807, 2.05) is 0 Å². The molecule has 1 aromatic carbocycles. The summed E-state index contributed by atoms with van der Waals surface area (Å²) >= 11 is 6.03. The van der Waals surface area contributed by atoms with Gasteiger partial charge in [-0.05, 0) is 44.0 Å². The van der Waals surface area contributed by atoms with Crippen molar-refractivity contribution in [1.82, 2.24) is 0 Å². The van der Waals surface area contributed by atoms with Crippen LogP contribution in [0.3, 0.4) is 0 Å². The highest BCUT2D eigenvalue weighted by atomic mass is 79.9. The van der Waals surface area contributed by atoms with Crippen molar-refractivity contribution in [2.24, 2.45) is 0 Å². The van der Waals surface area contributed by atoms with Gasteiger partial charge in [-0.2, -0.15) is 0 Å². The predicted molar refractivity (Wildman–Crippen MR) is 59.8 cm³/mol. The molecule has 0 saturated heterocycles. The number of benzene rings is 1. The number of carbonyl (C=O) groups excluding carboxylic acids is 1. The predicted octanol–water partition coefficient (Wildman–Crippen LogP) is 2.91. The fraction of sp³-hybridized carbons (Fsp3) is 0.125. The third-order valence-corrected chi connectivity index (χ3v) is 2.83. The molecule has 80 valence electrons. The minimum absolute atomic E-state index is 0.123. The van der Waals surface area contributed by atoms with Gasteiger partial charge in [0, 0.05) is 0 Å². The van der Waals surface area contributed by atoms with Crippen molar-refractivity contribution in [3.63, 3.8) is 0 Å². The summed E-state index contributed by atoms with van der Waals surface area (Å²) in [6, 6.07) is 2.68. The molecule has 0 unspecified atom stereocenters. The molecule has 0 radical (unpaired) electrons. The topological polar surface area (TPSA) is 69.4 Å². The standard InChI is InChI=1S/C8H5Br2NO4/c1-15-8(12)4-2-5(9)7(11(13)14)6(10)3-4/h2-3H,1H3. The first-order valence-electron chi connectivity index (χ1n) is 3.69. The van der Waals surface area contributed by atoms with Crippen LogP contribution in [0, 0.1) is 10.1 Å². The number of nitro groups is 1. The Bertz CT molecular complexity index is 410. The molecule has 0 aliphatic heterocycles. The highest BCUT2D eigenvalue weighted by molar-refractivity contribution is 9.11. The summed E-state index contributed by atoms with van der Waals surface area (Å²) in [5.41, 5.74) is 0.115. The molecule has 7 heteroatoms. The Morgan fingerprint density at radius 2 is 1.87 bits per heavy atom. The minimum atomic E-state index is -0.550. The van der Waals surface area contributed by atoms with Crippen molar-refractivity contribution in [1.29, 1.82) is 0 Å². The van der Waals surface area contributed by atoms with Crippen LogP contribution in [0.4, 0.5) is 5.69 Å². The Morgan fingerprint density at radius 1 is 1.40 bits per heavy atom. The molecule has 0 aliphatic carbocycles. The van der Waals surface area contributed by atoms with E-state index in [9.17, 15) is 14.9 Å². The van der Waals surface area contributed by atoms with E-state index in [2.05, 4.69) is 36.6 Å². The molecule has 0 atom stereocenters. The monoisotopic (exact) mass is 337 g/mol. The number of halogens is 2. The Kier molecular flexibility index (Phi) is 3.81. The first-order chi connectivity index (χ1) is 6.97. The molecule has 0 N–H and O–H groups in total. The number of hydrogen-bond acceptors (Lipinski definition) is 4. The molecule has 0 fully saturated rings. The fourth-order valence-electron chi connectivity index (χ4n) is 0.976. The van der Waals surface area contributed by atoms with Gasteiger partial charge in [0.15, 0.2) is 0 Å². The summed E-state index contributed by atoms with van der Waals surface area (Å²) in [6.07, 6.45) is 0. The maximum absolute atomic E-state index is 11.2. The zero-order valence-electron chi connectivity index (χ0n) is 7.49. The average molecular weight is 339 g/mol. The number of nitrogens with zero attached hydrogens (tertiary/aromatic N) is 1. The number of carbonyl (C=O) groups is 1. The smallest absolute Gasteiger partial charge is 0.337 e. The Balaban J connectivity index is 3.31. The summed E-state index contributed by atoms with van der Waals surface area (Å²) in [7, 11) is 1.24. The van der Waals surface area contributed by atoms with E-state index >= 15 is 0 Å². The Labute approximate surface area is 102 Å². The van der Waals surface area contributed by atoms with Gasteiger partial charge in [0.05, 0.1) is 26.5 Å². The van der Waals surface area contributed by atoms with Gasteiger partial charge in [0.25, 0.3) is 5.69 Å². The van der Waals surface area contributed by atoms with Gasteiger partial charge < -0.3 is 4.74 Å². The van der Waals surface area contributed by atoms with Crippen LogP contribution < -0.4 is 0 Å². The van der Waals surface area contributed by atoms with E-state index in [1.165, 1.54) is 19.2 Å². The summed E-state index contributed by atoms with van der Waals surface area (Å²) in [5, 5.41) is 10.6. The lowest BCUT2D eigenvalue weighted by atomic mass is 10.2. The van der Waals surface area contributed by atoms with Gasteiger partial charge in [0.2, 0.25) is 0 Å². The van der Waals surface area contributed by atoms with Crippen LogP contribution in [0.25, 0.3) is 0 Å². The lowest BCUT2D eigenvalue weighted by Gasteiger charge is -2.02. The average Bonchev–Trinajstić information content (AvgIpc) is 2.14. The quantitative estimate of drug-likeness (QED) is 0.472. The number of methoxy groups -OCH3 is 1. The van der Waals surface area contributed by atoms with Gasteiger partial charge in [-0.15, -0.1) is 0 Å². The van der Waals surface area contributed by atoms with E-state index in [0.717, 1.165) is 0 Å². The Morgan fingerprint density at radius 3 is 2.20 bits per heavy atom. The largest absolute Gasteiger partial charge is 0.465 e. The SMILES string of the molecule is COC(=O)c1cc(Br)c([N+](=O)[O-])c(Br)c1. The number of hydrogen-bond donors (Lipinski definition) is 0. The van der Waals surface area contributed by atoms with E-state index in [4.69, 9.17) is 0 Å². The van der Waals surface area contributed by atoms with Gasteiger partial charge in [-0.25, -0.2) is 4.79 Å². The van der Waals surface area contributed by atoms with Crippen LogP contribution in [0.5, 0.6) is 0 Å². The van der Waals surface area contributed by atoms with Gasteiger partial charge >= 0.3 is 5.97 Å². The van der Waals surface area contributed by atoms with Gasteiger partial charge in [-0.3, -0.25) is 10.1 Å². The van der Waals surface area contributed by atoms with Crippen LogP contribution >= 0.6 is 31.9 Å². The molecule has 15 heavy (non-hydrogen) atoms. The van der Waals surface area contributed by atoms with Crippen LogP contribution in [0.2, 0.25) is 0 Å². The summed E-state index contributed by atoms with van der Waals surface area (Å²) < 4.78 is 4.94. The van der Waals surface area contributed by atoms with Gasteiger partial charge in [-0.1, -0.05) is 0 Å². The second-order valence-electron chi connectivity index (χ2n) is 2.54. The highest BCUT2D eigenvalue weighted by Crippen LogP contribution is 2.34. The fourth-order valence-corrected chi connectivity index (χ4v) is 2.45. The van der Waals surface area contributed by atoms with E-state index < -0.39 is 10.9 Å². The third kappa shape index (κ3) is 2.54. The number of esters is 1. The number of ether oxygens (including phenoxy) is 1. The third-order valence-electron chi connectivity index (χ3n) is 1.62. The second kappa shape index (κ2) is 4.71. The van der Waals surface area contributed by atoms with Crippen molar-refractivity contribution in [2.75, 3.05) is 7.11 Å². The molecular formula is C8H5Br2NO4. The molecule has 0 aromatic heterocycles. The first-order valence-corrected chi connectivity index (χ1v) is 5.27. The van der Waals surface area contributed by atoms with Crippen LogP contribution in [0.1, 0.15) is 10.4 Å². The van der Waals surface area contributed by atoms with E-state index in [0.29, 0.717) is 0 Å². The second-order valence-corrected chi connectivity index (χ2v) is 4.25. The van der Waals surface area contributed by atoms with Crippen molar-refractivity contribution in [3.05, 3.63) is 36.8 Å². The van der Waals surface area contributed by atoms with Crippen molar-refractivity contribution < 1.29 is 14.5 Å². The molecule has 0 heterocycles.